The summed E-state index contributed by atoms with van der Waals surface area (Å²) in [6, 6.07) is 7.34. The number of rotatable bonds is 3. The molecule has 1 N–H and O–H groups in total. The molecule has 1 aliphatic heterocycles. The van der Waals surface area contributed by atoms with E-state index in [1.165, 1.54) is 0 Å². The van der Waals surface area contributed by atoms with Crippen LogP contribution in [-0.4, -0.2) is 29.1 Å². The molecule has 0 spiro atoms. The largest absolute Gasteiger partial charge is 0.492 e. The van der Waals surface area contributed by atoms with Gasteiger partial charge < -0.3 is 14.3 Å². The zero-order valence-electron chi connectivity index (χ0n) is 12.5. The van der Waals surface area contributed by atoms with Gasteiger partial charge in [0, 0.05) is 18.7 Å². The van der Waals surface area contributed by atoms with Crippen molar-refractivity contribution in [2.45, 2.75) is 19.3 Å². The topological polar surface area (TPSA) is 62.9 Å². The third-order valence-electron chi connectivity index (χ3n) is 3.79. The quantitative estimate of drug-likeness (QED) is 0.927. The summed E-state index contributed by atoms with van der Waals surface area (Å²) >= 11 is 0. The number of carboxylic acid groups (broad SMARTS) is 1. The Kier molecular flexibility index (Phi) is 4.23. The lowest BCUT2D eigenvalue weighted by Gasteiger charge is -2.18. The van der Waals surface area contributed by atoms with Gasteiger partial charge in [0.15, 0.2) is 0 Å². The zero-order valence-corrected chi connectivity index (χ0v) is 12.5. The average molecular weight is 341 g/mol. The summed E-state index contributed by atoms with van der Waals surface area (Å²) in [5, 5.41) is 9.14. The molecule has 0 bridgehead atoms. The number of alkyl halides is 3. The smallest absolute Gasteiger partial charge is 0.420 e. The van der Waals surface area contributed by atoms with E-state index in [-0.39, 0.29) is 12.3 Å². The first-order valence-corrected chi connectivity index (χ1v) is 7.20. The maximum Gasteiger partial charge on any atom is 0.420 e. The van der Waals surface area contributed by atoms with Crippen molar-refractivity contribution in [3.05, 3.63) is 53.0 Å². The first-order valence-electron chi connectivity index (χ1n) is 7.20. The molecular formula is C16H14F3NO4. The third-order valence-corrected chi connectivity index (χ3v) is 3.79. The lowest BCUT2D eigenvalue weighted by atomic mass is 10.1. The molecular weight excluding hydrogens is 327 g/mol. The highest BCUT2D eigenvalue weighted by Gasteiger charge is 2.39. The van der Waals surface area contributed by atoms with Crippen LogP contribution >= 0.6 is 0 Å². The van der Waals surface area contributed by atoms with Crippen molar-refractivity contribution in [2.24, 2.45) is 0 Å². The minimum atomic E-state index is -4.77. The molecule has 0 unspecified atom stereocenters. The summed E-state index contributed by atoms with van der Waals surface area (Å²) in [5.41, 5.74) is -1.22. The maximum atomic E-state index is 12.9. The number of hydrogen-bond donors (Lipinski definition) is 1. The molecule has 24 heavy (non-hydrogen) atoms. The summed E-state index contributed by atoms with van der Waals surface area (Å²) in [5.74, 6) is -1.15. The van der Waals surface area contributed by atoms with Gasteiger partial charge in [0.2, 0.25) is 0 Å². The first-order chi connectivity index (χ1) is 11.4. The van der Waals surface area contributed by atoms with Gasteiger partial charge in [-0.2, -0.15) is 13.2 Å². The van der Waals surface area contributed by atoms with Gasteiger partial charge in [-0.05, 0) is 6.07 Å². The maximum absolute atomic E-state index is 12.9. The van der Waals surface area contributed by atoms with Crippen LogP contribution in [0.1, 0.15) is 27.2 Å². The predicted octanol–water partition coefficient (Wildman–Crippen LogP) is 3.39. The molecule has 0 aliphatic carbocycles. The van der Waals surface area contributed by atoms with Crippen LogP contribution in [0.3, 0.4) is 0 Å². The van der Waals surface area contributed by atoms with Gasteiger partial charge >= 0.3 is 12.1 Å². The molecule has 0 fully saturated rings. The molecule has 1 aliphatic rings. The molecule has 0 amide bonds. The number of para-hydroxylation sites is 1. The van der Waals surface area contributed by atoms with Gasteiger partial charge in [0.1, 0.15) is 35.5 Å². The van der Waals surface area contributed by atoms with Crippen molar-refractivity contribution >= 4 is 5.97 Å². The average Bonchev–Trinajstić information content (AvgIpc) is 2.82. The fourth-order valence-electron chi connectivity index (χ4n) is 2.68. The lowest BCUT2D eigenvalue weighted by Crippen LogP contribution is -2.26. The van der Waals surface area contributed by atoms with Crippen LogP contribution in [0.4, 0.5) is 13.2 Å². The first kappa shape index (κ1) is 16.4. The Labute approximate surface area is 135 Å². The zero-order chi connectivity index (χ0) is 17.3. The molecule has 2 heterocycles. The number of hydrogen-bond acceptors (Lipinski definition) is 4. The third kappa shape index (κ3) is 3.23. The van der Waals surface area contributed by atoms with Crippen LogP contribution in [0.25, 0.3) is 0 Å². The number of ether oxygens (including phenoxy) is 1. The molecule has 2 aromatic rings. The van der Waals surface area contributed by atoms with Gasteiger partial charge in [0.25, 0.3) is 0 Å². The Balaban J connectivity index is 1.87. The molecule has 0 saturated heterocycles. The standard InChI is InChI=1S/C16H14F3NO4/c17-16(18,19)11-9-24-13(14(11)15(21)22)8-20-5-6-23-12-4-2-1-3-10(12)7-20/h1-4,9H,5-8H2,(H,21,22). The lowest BCUT2D eigenvalue weighted by molar-refractivity contribution is -0.138. The van der Waals surface area contributed by atoms with Gasteiger partial charge in [-0.15, -0.1) is 0 Å². The van der Waals surface area contributed by atoms with E-state index in [9.17, 15) is 18.0 Å². The Morgan fingerprint density at radius 3 is 2.75 bits per heavy atom. The van der Waals surface area contributed by atoms with Gasteiger partial charge in [-0.3, -0.25) is 4.90 Å². The second-order valence-electron chi connectivity index (χ2n) is 5.42. The number of halogens is 3. The van der Waals surface area contributed by atoms with Crippen LogP contribution in [0.5, 0.6) is 5.75 Å². The highest BCUT2D eigenvalue weighted by atomic mass is 19.4. The number of nitrogens with zero attached hydrogens (tertiary/aromatic N) is 1. The number of benzene rings is 1. The van der Waals surface area contributed by atoms with Crippen molar-refractivity contribution in [3.8, 4) is 5.75 Å². The van der Waals surface area contributed by atoms with E-state index >= 15 is 0 Å². The van der Waals surface area contributed by atoms with Crippen molar-refractivity contribution in [3.63, 3.8) is 0 Å². The number of fused-ring (bicyclic) bond motifs is 1. The highest BCUT2D eigenvalue weighted by molar-refractivity contribution is 5.90. The SMILES string of the molecule is O=C(O)c1c(C(F)(F)F)coc1CN1CCOc2ccccc2C1. The minimum Gasteiger partial charge on any atom is -0.492 e. The predicted molar refractivity (Wildman–Crippen MR) is 76.7 cm³/mol. The number of aromatic carboxylic acids is 1. The van der Waals surface area contributed by atoms with Crippen molar-refractivity contribution < 1.29 is 32.2 Å². The van der Waals surface area contributed by atoms with Crippen LogP contribution in [0, 0.1) is 0 Å². The van der Waals surface area contributed by atoms with Crippen LogP contribution in [-0.2, 0) is 19.3 Å². The second-order valence-corrected chi connectivity index (χ2v) is 5.42. The van der Waals surface area contributed by atoms with Crippen molar-refractivity contribution in [1.82, 2.24) is 4.90 Å². The highest BCUT2D eigenvalue weighted by Crippen LogP contribution is 2.35. The van der Waals surface area contributed by atoms with E-state index in [4.69, 9.17) is 14.3 Å². The van der Waals surface area contributed by atoms with E-state index in [0.29, 0.717) is 31.7 Å². The number of furan rings is 1. The Bertz CT molecular complexity index is 754. The van der Waals surface area contributed by atoms with Gasteiger partial charge in [0.05, 0.1) is 6.54 Å². The number of carbonyl (C=O) groups is 1. The Morgan fingerprint density at radius 1 is 1.29 bits per heavy atom. The summed E-state index contributed by atoms with van der Waals surface area (Å²) in [6.07, 6.45) is -4.31. The van der Waals surface area contributed by atoms with Crippen molar-refractivity contribution in [1.29, 1.82) is 0 Å². The molecule has 5 nitrogen and oxygen atoms in total. The molecule has 0 saturated carbocycles. The fourth-order valence-corrected chi connectivity index (χ4v) is 2.68. The molecule has 128 valence electrons. The Morgan fingerprint density at radius 2 is 2.04 bits per heavy atom. The van der Waals surface area contributed by atoms with E-state index in [0.717, 1.165) is 5.56 Å². The Hall–Kier alpha value is -2.48. The molecule has 1 aromatic carbocycles. The number of carboxylic acids is 1. The van der Waals surface area contributed by atoms with E-state index in [1.54, 1.807) is 4.90 Å². The second kappa shape index (κ2) is 6.20. The van der Waals surface area contributed by atoms with Gasteiger partial charge in [-0.25, -0.2) is 4.79 Å². The minimum absolute atomic E-state index is 0.0462. The van der Waals surface area contributed by atoms with Crippen LogP contribution in [0.15, 0.2) is 34.9 Å². The van der Waals surface area contributed by atoms with E-state index < -0.39 is 23.3 Å². The summed E-state index contributed by atoms with van der Waals surface area (Å²) in [4.78, 5) is 13.0. The molecule has 0 radical (unpaired) electrons. The normalized spacial score (nSPS) is 15.5. The summed E-state index contributed by atoms with van der Waals surface area (Å²) in [6.45, 7) is 1.18. The summed E-state index contributed by atoms with van der Waals surface area (Å²) in [7, 11) is 0. The fraction of sp³-hybridized carbons (Fsp3) is 0.312. The molecule has 1 aromatic heterocycles. The molecule has 3 rings (SSSR count). The van der Waals surface area contributed by atoms with E-state index in [1.807, 2.05) is 24.3 Å². The van der Waals surface area contributed by atoms with Crippen LogP contribution in [0.2, 0.25) is 0 Å². The van der Waals surface area contributed by atoms with Crippen molar-refractivity contribution in [2.75, 3.05) is 13.2 Å². The summed E-state index contributed by atoms with van der Waals surface area (Å²) < 4.78 is 49.2. The van der Waals surface area contributed by atoms with Crippen LogP contribution < -0.4 is 4.74 Å². The van der Waals surface area contributed by atoms with E-state index in [2.05, 4.69) is 0 Å². The molecule has 0 atom stereocenters. The monoisotopic (exact) mass is 341 g/mol. The van der Waals surface area contributed by atoms with Gasteiger partial charge in [-0.1, -0.05) is 18.2 Å². The molecule has 8 heteroatoms.